The van der Waals surface area contributed by atoms with Crippen LogP contribution in [0.5, 0.6) is 5.75 Å². The van der Waals surface area contributed by atoms with Crippen LogP contribution in [0.4, 0.5) is 17.1 Å². The maximum absolute atomic E-state index is 6.41. The number of fused-ring (bicyclic) bond motifs is 6. The maximum Gasteiger partial charge on any atom is 0.122 e. The molecule has 11 aromatic carbocycles. The summed E-state index contributed by atoms with van der Waals surface area (Å²) < 4.78 is 8.81. The molecule has 3 heteroatoms. The fourth-order valence-corrected chi connectivity index (χ4v) is 13.3. The van der Waals surface area contributed by atoms with Gasteiger partial charge in [0.25, 0.3) is 0 Å². The second-order valence-electron chi connectivity index (χ2n) is 22.7. The first kappa shape index (κ1) is 53.6. The molecule has 12 aromatic rings. The molecule has 0 N–H and O–H groups in total. The number of unbranched alkanes of at least 4 members (excludes halogenated alkanes) is 5. The lowest BCUT2D eigenvalue weighted by Gasteiger charge is -2.34. The monoisotopic (exact) mass is 1090 g/mol. The molecule has 1 atom stereocenters. The van der Waals surface area contributed by atoms with Crippen LogP contribution in [0.3, 0.4) is 0 Å². The van der Waals surface area contributed by atoms with Crippen LogP contribution in [0.25, 0.3) is 84.2 Å². The van der Waals surface area contributed by atoms with Gasteiger partial charge >= 0.3 is 0 Å². The molecule has 1 aromatic heterocycles. The Labute approximate surface area is 496 Å². The Morgan fingerprint density at radius 2 is 0.917 bits per heavy atom. The van der Waals surface area contributed by atoms with Crippen molar-refractivity contribution >= 4 is 51.0 Å². The van der Waals surface area contributed by atoms with Gasteiger partial charge in [0.2, 0.25) is 0 Å². The van der Waals surface area contributed by atoms with Crippen LogP contribution in [0.2, 0.25) is 0 Å². The van der Waals surface area contributed by atoms with Gasteiger partial charge < -0.3 is 14.2 Å². The van der Waals surface area contributed by atoms with Crippen molar-refractivity contribution in [2.24, 2.45) is 0 Å². The van der Waals surface area contributed by atoms with Crippen LogP contribution in [0, 0.1) is 13.8 Å². The van der Waals surface area contributed by atoms with E-state index in [1.807, 2.05) is 12.2 Å². The lowest BCUT2D eigenvalue weighted by atomic mass is 9.69. The molecular weight excluding hydrogens is 1020 g/mol. The van der Waals surface area contributed by atoms with Crippen molar-refractivity contribution in [3.05, 3.63) is 307 Å². The van der Waals surface area contributed by atoms with Crippen LogP contribution in [-0.2, 0) is 5.41 Å². The van der Waals surface area contributed by atoms with Gasteiger partial charge in [0, 0.05) is 38.9 Å². The molecule has 0 aliphatic heterocycles. The lowest BCUT2D eigenvalue weighted by molar-refractivity contribution is 0.302. The molecule has 1 unspecified atom stereocenters. The number of hydrogen-bond donors (Lipinski definition) is 0. The minimum Gasteiger partial charge on any atom is -0.493 e. The van der Waals surface area contributed by atoms with Gasteiger partial charge in [0.15, 0.2) is 0 Å². The molecule has 0 saturated carbocycles. The fraction of sp³-hybridized carbons (Fsp3) is 0.136. The summed E-state index contributed by atoms with van der Waals surface area (Å²) in [5, 5.41) is 2.45. The first-order valence-corrected chi connectivity index (χ1v) is 30.0. The maximum atomic E-state index is 6.41. The normalized spacial score (nSPS) is 13.4. The molecule has 13 rings (SSSR count). The fourth-order valence-electron chi connectivity index (χ4n) is 13.3. The summed E-state index contributed by atoms with van der Waals surface area (Å²) in [4.78, 5) is 2.44. The van der Waals surface area contributed by atoms with Gasteiger partial charge in [-0.05, 0) is 195 Å². The van der Waals surface area contributed by atoms with Gasteiger partial charge in [-0.1, -0.05) is 227 Å². The van der Waals surface area contributed by atoms with Crippen molar-refractivity contribution in [2.45, 2.75) is 64.2 Å². The number of para-hydroxylation sites is 2. The number of rotatable bonds is 20. The molecule has 0 spiro atoms. The van der Waals surface area contributed by atoms with E-state index in [1.165, 1.54) is 113 Å². The average molecular weight is 1090 g/mol. The zero-order valence-corrected chi connectivity index (χ0v) is 48.3. The van der Waals surface area contributed by atoms with E-state index >= 15 is 0 Å². The van der Waals surface area contributed by atoms with Crippen LogP contribution < -0.4 is 9.64 Å². The first-order valence-electron chi connectivity index (χ1n) is 30.0. The number of hydrogen-bond acceptors (Lipinski definition) is 2. The smallest absolute Gasteiger partial charge is 0.122 e. The summed E-state index contributed by atoms with van der Waals surface area (Å²) in [6, 6.07) is 94.1. The number of nitrogens with zero attached hydrogens (tertiary/aromatic N) is 2. The number of ether oxygens (including phenoxy) is 1. The molecule has 1 aliphatic carbocycles. The van der Waals surface area contributed by atoms with E-state index in [0.717, 1.165) is 71.9 Å². The van der Waals surface area contributed by atoms with Crippen molar-refractivity contribution < 1.29 is 4.74 Å². The van der Waals surface area contributed by atoms with Crippen molar-refractivity contribution in [1.82, 2.24) is 4.57 Å². The molecule has 84 heavy (non-hydrogen) atoms. The minimum absolute atomic E-state index is 0.303. The third-order valence-corrected chi connectivity index (χ3v) is 17.6. The van der Waals surface area contributed by atoms with Gasteiger partial charge in [-0.15, -0.1) is 0 Å². The summed E-state index contributed by atoms with van der Waals surface area (Å²) in [7, 11) is 0. The zero-order valence-electron chi connectivity index (χ0n) is 48.3. The Kier molecular flexibility index (Phi) is 15.1. The SMILES string of the molecule is C=Cc1ccc(-c2ccc3c(c2)c2cc(-c4ccc(N(c5ccccc5)c5ccc6c(c5)C(CCCCCCCCOc5cc(C)c(-c7ccc(C=C)cc7)cc5C)(c5ccccc5)c5ccccc5-6)cc4)ccc2n3-c2ccccc2)cc1. The third-order valence-electron chi connectivity index (χ3n) is 17.6. The molecule has 0 radical (unpaired) electrons. The quantitative estimate of drug-likeness (QED) is 0.0708. The molecule has 0 saturated heterocycles. The van der Waals surface area contributed by atoms with E-state index in [9.17, 15) is 0 Å². The lowest BCUT2D eigenvalue weighted by Crippen LogP contribution is -2.27. The summed E-state index contributed by atoms with van der Waals surface area (Å²) in [6.45, 7) is 13.0. The Morgan fingerprint density at radius 1 is 0.405 bits per heavy atom. The second kappa shape index (κ2) is 23.6. The highest BCUT2D eigenvalue weighted by atomic mass is 16.5. The van der Waals surface area contributed by atoms with Gasteiger partial charge in [-0.25, -0.2) is 0 Å². The molecule has 0 amide bonds. The molecule has 410 valence electrons. The molecule has 1 aliphatic rings. The molecule has 0 fully saturated rings. The first-order chi connectivity index (χ1) is 41.4. The third kappa shape index (κ3) is 10.3. The number of anilines is 3. The zero-order chi connectivity index (χ0) is 57.0. The Hall–Kier alpha value is -9.70. The highest BCUT2D eigenvalue weighted by Crippen LogP contribution is 2.56. The highest BCUT2D eigenvalue weighted by molar-refractivity contribution is 6.11. The number of aromatic nitrogens is 1. The Balaban J connectivity index is 0.764. The van der Waals surface area contributed by atoms with E-state index in [1.54, 1.807) is 0 Å². The molecule has 1 heterocycles. The summed E-state index contributed by atoms with van der Waals surface area (Å²) in [5.74, 6) is 0.992. The topological polar surface area (TPSA) is 17.4 Å². The standard InChI is InChI=1S/C81H70N2O/c1-5-59-32-36-61(37-33-59)64-42-48-78-74(54-64)75-55-65(43-49-79(75)83(78)68-28-18-13-19-29-68)62-40-44-69(45-41-62)82(67-26-16-12-17-27-67)70-46-47-72-71-30-20-21-31-76(71)81(77(72)56-70,66-24-14-11-15-25-66)50-22-9-7-8-10-23-51-84-80-53-57(3)73(52-58(80)4)63-38-34-60(6-2)35-39-63/h5-6,11-21,24-49,52-56H,1-2,7-10,22-23,50-51H2,3-4H3. The van der Waals surface area contributed by atoms with Crippen LogP contribution >= 0.6 is 0 Å². The predicted octanol–water partition coefficient (Wildman–Crippen LogP) is 22.3. The van der Waals surface area contributed by atoms with Crippen LogP contribution in [0.1, 0.15) is 83.9 Å². The van der Waals surface area contributed by atoms with Crippen molar-refractivity contribution in [2.75, 3.05) is 11.5 Å². The molecule has 0 bridgehead atoms. The highest BCUT2D eigenvalue weighted by Gasteiger charge is 2.44. The van der Waals surface area contributed by atoms with Gasteiger partial charge in [0.05, 0.1) is 17.6 Å². The largest absolute Gasteiger partial charge is 0.493 e. The van der Waals surface area contributed by atoms with Crippen molar-refractivity contribution in [1.29, 1.82) is 0 Å². The summed E-state index contributed by atoms with van der Waals surface area (Å²) in [6.07, 6.45) is 11.7. The Morgan fingerprint density at radius 3 is 1.56 bits per heavy atom. The van der Waals surface area contributed by atoms with Gasteiger partial charge in [0.1, 0.15) is 5.75 Å². The average Bonchev–Trinajstić information content (AvgIpc) is 3.88. The second-order valence-corrected chi connectivity index (χ2v) is 22.7. The van der Waals surface area contributed by atoms with Gasteiger partial charge in [-0.3, -0.25) is 0 Å². The predicted molar refractivity (Wildman–Crippen MR) is 357 cm³/mol. The van der Waals surface area contributed by atoms with E-state index in [4.69, 9.17) is 4.74 Å². The molecule has 3 nitrogen and oxygen atoms in total. The number of benzene rings is 11. The van der Waals surface area contributed by atoms with Gasteiger partial charge in [-0.2, -0.15) is 0 Å². The number of aryl methyl sites for hydroxylation is 2. The summed E-state index contributed by atoms with van der Waals surface area (Å²) in [5.41, 5.74) is 25.3. The molecular formula is C81H70N2O. The summed E-state index contributed by atoms with van der Waals surface area (Å²) >= 11 is 0. The van der Waals surface area contributed by atoms with Crippen LogP contribution in [0.15, 0.2) is 268 Å². The van der Waals surface area contributed by atoms with E-state index in [-0.39, 0.29) is 5.41 Å². The van der Waals surface area contributed by atoms with E-state index in [2.05, 4.69) is 291 Å². The van der Waals surface area contributed by atoms with E-state index < -0.39 is 0 Å². The minimum atomic E-state index is -0.303. The van der Waals surface area contributed by atoms with E-state index in [0.29, 0.717) is 0 Å². The van der Waals surface area contributed by atoms with Crippen molar-refractivity contribution in [3.63, 3.8) is 0 Å². The van der Waals surface area contributed by atoms with Crippen molar-refractivity contribution in [3.8, 4) is 55.9 Å². The van der Waals surface area contributed by atoms with Crippen LogP contribution in [-0.4, -0.2) is 11.2 Å². The Bertz CT molecular complexity index is 4310.